The van der Waals surface area contributed by atoms with Crippen molar-refractivity contribution in [2.24, 2.45) is 11.3 Å². The predicted molar refractivity (Wildman–Crippen MR) is 121 cm³/mol. The number of carbonyl (C=O) groups excluding carboxylic acids is 1. The molecule has 1 fully saturated rings. The lowest BCUT2D eigenvalue weighted by Gasteiger charge is -2.38. The molecular weight excluding hydrogens is 417 g/mol. The van der Waals surface area contributed by atoms with Crippen molar-refractivity contribution in [3.63, 3.8) is 0 Å². The zero-order valence-electron chi connectivity index (χ0n) is 18.8. The zero-order chi connectivity index (χ0) is 23.4. The summed E-state index contributed by atoms with van der Waals surface area (Å²) in [5.74, 6) is 0.0942. The minimum absolute atomic E-state index is 0.0543. The summed E-state index contributed by atoms with van der Waals surface area (Å²) < 4.78 is 44.1. The van der Waals surface area contributed by atoms with Crippen molar-refractivity contribution in [2.75, 3.05) is 38.6 Å². The lowest BCUT2D eigenvalue weighted by atomic mass is 9.89. The van der Waals surface area contributed by atoms with Crippen LogP contribution in [0, 0.1) is 11.3 Å². The Hall–Kier alpha value is -2.54. The molecule has 2 aromatic carbocycles. The van der Waals surface area contributed by atoms with Gasteiger partial charge in [-0.2, -0.15) is 13.2 Å². The summed E-state index contributed by atoms with van der Waals surface area (Å²) in [6, 6.07) is 15.4. The maximum absolute atomic E-state index is 13.1. The Labute approximate surface area is 187 Å². The van der Waals surface area contributed by atoms with E-state index in [9.17, 15) is 18.0 Å². The fourth-order valence-corrected chi connectivity index (χ4v) is 3.96. The highest BCUT2D eigenvalue weighted by Crippen LogP contribution is 2.38. The number of benzene rings is 2. The van der Waals surface area contributed by atoms with Crippen LogP contribution < -0.4 is 5.32 Å². The molecule has 1 heterocycles. The first-order valence-corrected chi connectivity index (χ1v) is 10.9. The Bertz CT molecular complexity index is 885. The lowest BCUT2D eigenvalue weighted by molar-refractivity contribution is -0.217. The summed E-state index contributed by atoms with van der Waals surface area (Å²) >= 11 is 0. The predicted octanol–water partition coefficient (Wildman–Crippen LogP) is 5.85. The minimum atomic E-state index is -4.18. The molecule has 1 aliphatic heterocycles. The number of rotatable bonds is 7. The number of ether oxygens (including phenoxy) is 1. The Morgan fingerprint density at radius 3 is 2.03 bits per heavy atom. The molecule has 0 unspecified atom stereocenters. The van der Waals surface area contributed by atoms with Gasteiger partial charge in [-0.05, 0) is 81.1 Å². The molecule has 0 saturated carbocycles. The van der Waals surface area contributed by atoms with E-state index in [-0.39, 0.29) is 12.5 Å². The van der Waals surface area contributed by atoms with Gasteiger partial charge < -0.3 is 15.0 Å². The number of alkyl halides is 3. The van der Waals surface area contributed by atoms with E-state index >= 15 is 0 Å². The Morgan fingerprint density at radius 1 is 1.00 bits per heavy atom. The summed E-state index contributed by atoms with van der Waals surface area (Å²) in [7, 11) is 1.36. The van der Waals surface area contributed by atoms with Crippen molar-refractivity contribution in [1.29, 1.82) is 0 Å². The lowest BCUT2D eigenvalue weighted by Crippen LogP contribution is -2.46. The summed E-state index contributed by atoms with van der Waals surface area (Å²) in [4.78, 5) is 13.5. The third-order valence-electron chi connectivity index (χ3n) is 6.21. The molecular formula is C25H31F3N2O2. The monoisotopic (exact) mass is 448 g/mol. The molecule has 0 amide bonds. The number of nitrogens with one attached hydrogen (secondary N) is 1. The van der Waals surface area contributed by atoms with Gasteiger partial charge in [0.05, 0.1) is 18.1 Å². The van der Waals surface area contributed by atoms with Gasteiger partial charge in [0, 0.05) is 18.8 Å². The summed E-state index contributed by atoms with van der Waals surface area (Å²) in [6.45, 7) is 4.82. The summed E-state index contributed by atoms with van der Waals surface area (Å²) in [6.07, 6.45) is -2.39. The van der Waals surface area contributed by atoms with Crippen LogP contribution >= 0.6 is 0 Å². The third-order valence-corrected chi connectivity index (χ3v) is 6.21. The molecule has 174 valence electrons. The van der Waals surface area contributed by atoms with Gasteiger partial charge in [0.25, 0.3) is 0 Å². The van der Waals surface area contributed by atoms with Gasteiger partial charge >= 0.3 is 12.1 Å². The molecule has 0 aromatic heterocycles. The number of carbonyl (C=O) groups is 1. The second kappa shape index (κ2) is 9.94. The van der Waals surface area contributed by atoms with E-state index in [1.54, 1.807) is 12.1 Å². The minimum Gasteiger partial charge on any atom is -0.465 e. The number of esters is 1. The first-order valence-electron chi connectivity index (χ1n) is 10.9. The first kappa shape index (κ1) is 24.1. The summed E-state index contributed by atoms with van der Waals surface area (Å²) in [5.41, 5.74) is 1.91. The highest BCUT2D eigenvalue weighted by molar-refractivity contribution is 5.90. The molecule has 4 nitrogen and oxygen atoms in total. The van der Waals surface area contributed by atoms with Crippen molar-refractivity contribution in [3.05, 3.63) is 54.1 Å². The second-order valence-corrected chi connectivity index (χ2v) is 9.13. The molecule has 7 heteroatoms. The number of piperidine rings is 1. The molecule has 1 saturated heterocycles. The number of methoxy groups -OCH3 is 1. The Balaban J connectivity index is 1.47. The third kappa shape index (κ3) is 6.03. The van der Waals surface area contributed by atoms with Crippen LogP contribution in [0.25, 0.3) is 11.1 Å². The van der Waals surface area contributed by atoms with E-state index in [1.165, 1.54) is 21.0 Å². The van der Waals surface area contributed by atoms with E-state index in [2.05, 4.69) is 5.32 Å². The fourth-order valence-electron chi connectivity index (χ4n) is 3.96. The number of likely N-dealkylation sites (tertiary alicyclic amines) is 1. The first-order chi connectivity index (χ1) is 15.1. The van der Waals surface area contributed by atoms with Crippen LogP contribution in [-0.4, -0.2) is 50.3 Å². The van der Waals surface area contributed by atoms with Gasteiger partial charge in [-0.15, -0.1) is 0 Å². The van der Waals surface area contributed by atoms with Gasteiger partial charge in [0.2, 0.25) is 0 Å². The maximum Gasteiger partial charge on any atom is 0.395 e. The number of hydrogen-bond acceptors (Lipinski definition) is 4. The van der Waals surface area contributed by atoms with E-state index < -0.39 is 11.6 Å². The average Bonchev–Trinajstić information content (AvgIpc) is 2.77. The molecule has 1 aliphatic rings. The van der Waals surface area contributed by atoms with E-state index in [4.69, 9.17) is 4.74 Å². The molecule has 0 radical (unpaired) electrons. The van der Waals surface area contributed by atoms with Crippen molar-refractivity contribution < 1.29 is 22.7 Å². The smallest absolute Gasteiger partial charge is 0.395 e. The van der Waals surface area contributed by atoms with Crippen LogP contribution in [0.5, 0.6) is 0 Å². The molecule has 32 heavy (non-hydrogen) atoms. The van der Waals surface area contributed by atoms with Crippen molar-refractivity contribution in [1.82, 2.24) is 4.90 Å². The van der Waals surface area contributed by atoms with Gasteiger partial charge in [0.1, 0.15) is 0 Å². The highest BCUT2D eigenvalue weighted by atomic mass is 19.4. The van der Waals surface area contributed by atoms with Crippen LogP contribution in [0.15, 0.2) is 48.5 Å². The maximum atomic E-state index is 13.1. The fraction of sp³-hybridized carbons (Fsp3) is 0.480. The number of halogens is 3. The second-order valence-electron chi connectivity index (χ2n) is 9.13. The Kier molecular flexibility index (Phi) is 7.49. The van der Waals surface area contributed by atoms with Crippen LogP contribution in [0.2, 0.25) is 0 Å². The molecule has 0 atom stereocenters. The molecule has 2 aromatic rings. The topological polar surface area (TPSA) is 41.6 Å². The quantitative estimate of drug-likeness (QED) is 0.540. The van der Waals surface area contributed by atoms with Gasteiger partial charge in [-0.3, -0.25) is 0 Å². The molecule has 3 rings (SSSR count). The van der Waals surface area contributed by atoms with Crippen LogP contribution in [0.1, 0.15) is 37.0 Å². The van der Waals surface area contributed by atoms with Crippen molar-refractivity contribution in [2.45, 2.75) is 32.9 Å². The van der Waals surface area contributed by atoms with E-state index in [0.717, 1.165) is 36.2 Å². The van der Waals surface area contributed by atoms with Crippen molar-refractivity contribution in [3.8, 4) is 11.1 Å². The molecule has 0 bridgehead atoms. The van der Waals surface area contributed by atoms with Crippen molar-refractivity contribution >= 4 is 11.7 Å². The molecule has 0 aliphatic carbocycles. The van der Waals surface area contributed by atoms with Gasteiger partial charge in [0.15, 0.2) is 0 Å². The van der Waals surface area contributed by atoms with Crippen LogP contribution in [0.4, 0.5) is 18.9 Å². The van der Waals surface area contributed by atoms with Crippen LogP contribution in [-0.2, 0) is 4.74 Å². The SMILES string of the molecule is COC(=O)c1ccc(-c2ccc(NCC3CCN(CC(C)(C)C(F)(F)F)CC3)cc2)cc1. The van der Waals surface area contributed by atoms with E-state index in [0.29, 0.717) is 24.6 Å². The highest BCUT2D eigenvalue weighted by Gasteiger charge is 2.48. The molecule has 0 spiro atoms. The van der Waals surface area contributed by atoms with Gasteiger partial charge in [-0.25, -0.2) is 4.79 Å². The number of nitrogens with zero attached hydrogens (tertiary/aromatic N) is 1. The molecule has 1 N–H and O–H groups in total. The normalized spacial score (nSPS) is 16.1. The van der Waals surface area contributed by atoms with E-state index in [1.807, 2.05) is 41.3 Å². The zero-order valence-corrected chi connectivity index (χ0v) is 18.8. The largest absolute Gasteiger partial charge is 0.465 e. The number of hydrogen-bond donors (Lipinski definition) is 1. The van der Waals surface area contributed by atoms with Gasteiger partial charge in [-0.1, -0.05) is 24.3 Å². The standard InChI is InChI=1S/C25H31F3N2O2/c1-24(2,25(26,27)28)17-30-14-12-18(13-15-30)16-29-22-10-8-20(9-11-22)19-4-6-21(7-5-19)23(31)32-3/h4-11,18,29H,12-17H2,1-3H3. The summed E-state index contributed by atoms with van der Waals surface area (Å²) in [5, 5.41) is 3.45. The number of anilines is 1. The average molecular weight is 449 g/mol. The van der Waals surface area contributed by atoms with Crippen LogP contribution in [0.3, 0.4) is 0 Å². The Morgan fingerprint density at radius 2 is 1.53 bits per heavy atom.